The minimum Gasteiger partial charge on any atom is -0.338 e. The monoisotopic (exact) mass is 336 g/mol. The summed E-state index contributed by atoms with van der Waals surface area (Å²) in [7, 11) is 0. The Balaban J connectivity index is 1.90. The average molecular weight is 336 g/mol. The minimum absolute atomic E-state index is 0.0215. The van der Waals surface area contributed by atoms with Crippen molar-refractivity contribution in [3.8, 4) is 0 Å². The Kier molecular flexibility index (Phi) is 6.28. The van der Waals surface area contributed by atoms with Crippen molar-refractivity contribution in [3.05, 3.63) is 54.1 Å². The summed E-state index contributed by atoms with van der Waals surface area (Å²) >= 11 is 0. The third kappa shape index (κ3) is 4.78. The lowest BCUT2D eigenvalue weighted by Gasteiger charge is -2.27. The van der Waals surface area contributed by atoms with E-state index in [1.165, 1.54) is 12.4 Å². The van der Waals surface area contributed by atoms with Crippen molar-refractivity contribution in [1.29, 1.82) is 0 Å². The first-order valence-electron chi connectivity index (χ1n) is 7.87. The summed E-state index contributed by atoms with van der Waals surface area (Å²) in [6.45, 7) is 2.00. The molecule has 0 saturated heterocycles. The molecule has 0 radical (unpaired) electrons. The van der Waals surface area contributed by atoms with Gasteiger partial charge in [-0.1, -0.05) is 30.3 Å². The van der Waals surface area contributed by atoms with Crippen LogP contribution in [0, 0.1) is 0 Å². The predicted octanol–water partition coefficient (Wildman–Crippen LogP) is 3.44. The van der Waals surface area contributed by atoms with E-state index < -0.39 is 6.55 Å². The summed E-state index contributed by atoms with van der Waals surface area (Å²) < 4.78 is 26.3. The molecule has 0 fully saturated rings. The Morgan fingerprint density at radius 2 is 2.00 bits per heavy atom. The normalized spacial score (nSPS) is 11.1. The number of nitrogens with zero attached hydrogens (tertiary/aromatic N) is 3. The highest BCUT2D eigenvalue weighted by Crippen LogP contribution is 2.12. The second-order valence-electron chi connectivity index (χ2n) is 5.72. The predicted molar refractivity (Wildman–Crippen MR) is 87.7 cm³/mol. The van der Waals surface area contributed by atoms with Crippen LogP contribution in [-0.4, -0.2) is 33.1 Å². The van der Waals surface area contributed by atoms with E-state index in [-0.39, 0.29) is 30.9 Å². The lowest BCUT2D eigenvalue weighted by Crippen LogP contribution is -2.44. The van der Waals surface area contributed by atoms with Gasteiger partial charge in [-0.2, -0.15) is 8.78 Å². The molecule has 1 N–H and O–H groups in total. The van der Waals surface area contributed by atoms with Crippen LogP contribution in [0.5, 0.6) is 0 Å². The molecule has 0 atom stereocenters. The zero-order valence-electron chi connectivity index (χ0n) is 13.8. The molecule has 0 spiro atoms. The molecule has 2 rings (SSSR count). The Bertz CT molecular complexity index is 643. The van der Waals surface area contributed by atoms with Crippen LogP contribution in [0.15, 0.2) is 42.7 Å². The van der Waals surface area contributed by atoms with Gasteiger partial charge in [-0.05, 0) is 19.4 Å². The number of imidazole rings is 1. The molecule has 130 valence electrons. The number of alkyl halides is 2. The van der Waals surface area contributed by atoms with Crippen LogP contribution in [0.25, 0.3) is 0 Å². The van der Waals surface area contributed by atoms with Crippen LogP contribution in [-0.2, 0) is 13.0 Å². The van der Waals surface area contributed by atoms with Crippen molar-refractivity contribution < 1.29 is 13.6 Å². The van der Waals surface area contributed by atoms with Crippen molar-refractivity contribution in [1.82, 2.24) is 19.8 Å². The summed E-state index contributed by atoms with van der Waals surface area (Å²) in [5.41, 5.74) is 1.04. The average Bonchev–Trinajstić information content (AvgIpc) is 3.02. The first-order chi connectivity index (χ1) is 11.5. The molecule has 2 amide bonds. The van der Waals surface area contributed by atoms with Gasteiger partial charge in [-0.3, -0.25) is 4.57 Å². The van der Waals surface area contributed by atoms with Gasteiger partial charge in [0.25, 0.3) is 0 Å². The summed E-state index contributed by atoms with van der Waals surface area (Å²) in [5, 5.41) is 2.78. The van der Waals surface area contributed by atoms with E-state index in [9.17, 15) is 13.6 Å². The van der Waals surface area contributed by atoms with Crippen LogP contribution in [0.3, 0.4) is 0 Å². The van der Waals surface area contributed by atoms with Crippen LogP contribution < -0.4 is 5.32 Å². The Hall–Kier alpha value is -2.44. The van der Waals surface area contributed by atoms with Gasteiger partial charge in [0.2, 0.25) is 0 Å². The van der Waals surface area contributed by atoms with Crippen LogP contribution >= 0.6 is 0 Å². The SMILES string of the molecule is CC(C)N(Cc1ccccc1)C(=O)NCCc1nccn1C(F)F. The molecule has 0 unspecified atom stereocenters. The smallest absolute Gasteiger partial charge is 0.319 e. The van der Waals surface area contributed by atoms with Gasteiger partial charge >= 0.3 is 12.6 Å². The van der Waals surface area contributed by atoms with E-state index in [0.29, 0.717) is 6.54 Å². The molecule has 0 aliphatic rings. The van der Waals surface area contributed by atoms with E-state index in [1.807, 2.05) is 44.2 Å². The van der Waals surface area contributed by atoms with Crippen molar-refractivity contribution in [2.45, 2.75) is 39.4 Å². The largest absolute Gasteiger partial charge is 0.338 e. The fourth-order valence-corrected chi connectivity index (χ4v) is 2.37. The zero-order chi connectivity index (χ0) is 17.5. The molecule has 7 heteroatoms. The molecular weight excluding hydrogens is 314 g/mol. The third-order valence-electron chi connectivity index (χ3n) is 3.66. The molecule has 5 nitrogen and oxygen atoms in total. The molecule has 0 aliphatic heterocycles. The Labute approximate surface area is 140 Å². The molecule has 1 aromatic heterocycles. The number of halogens is 2. The zero-order valence-corrected chi connectivity index (χ0v) is 13.8. The van der Waals surface area contributed by atoms with E-state index in [0.717, 1.165) is 10.1 Å². The quantitative estimate of drug-likeness (QED) is 0.842. The van der Waals surface area contributed by atoms with E-state index >= 15 is 0 Å². The number of nitrogens with one attached hydrogen (secondary N) is 1. The molecule has 1 heterocycles. The maximum absolute atomic E-state index is 12.8. The van der Waals surface area contributed by atoms with Crippen LogP contribution in [0.1, 0.15) is 31.8 Å². The molecular formula is C17H22F2N4O. The number of rotatable bonds is 7. The van der Waals surface area contributed by atoms with Gasteiger partial charge in [0.1, 0.15) is 5.82 Å². The van der Waals surface area contributed by atoms with Crippen molar-refractivity contribution in [3.63, 3.8) is 0 Å². The van der Waals surface area contributed by atoms with Crippen molar-refractivity contribution in [2.75, 3.05) is 6.54 Å². The highest BCUT2D eigenvalue weighted by Gasteiger charge is 2.17. The second-order valence-corrected chi connectivity index (χ2v) is 5.72. The maximum atomic E-state index is 12.8. The van der Waals surface area contributed by atoms with Gasteiger partial charge in [0.05, 0.1) is 0 Å². The number of carbonyl (C=O) groups excluding carboxylic acids is 1. The first kappa shape index (κ1) is 17.9. The number of hydrogen-bond donors (Lipinski definition) is 1. The molecule has 0 saturated carbocycles. The molecule has 0 aliphatic carbocycles. The minimum atomic E-state index is -2.62. The molecule has 1 aromatic carbocycles. The number of benzene rings is 1. The highest BCUT2D eigenvalue weighted by atomic mass is 19.3. The van der Waals surface area contributed by atoms with Crippen LogP contribution in [0.2, 0.25) is 0 Å². The number of aromatic nitrogens is 2. The third-order valence-corrected chi connectivity index (χ3v) is 3.66. The summed E-state index contributed by atoms with van der Waals surface area (Å²) in [6, 6.07) is 9.50. The fourth-order valence-electron chi connectivity index (χ4n) is 2.37. The van der Waals surface area contributed by atoms with Crippen LogP contribution in [0.4, 0.5) is 13.6 Å². The van der Waals surface area contributed by atoms with Gasteiger partial charge in [0.15, 0.2) is 0 Å². The van der Waals surface area contributed by atoms with Gasteiger partial charge < -0.3 is 10.2 Å². The molecule has 24 heavy (non-hydrogen) atoms. The second kappa shape index (κ2) is 8.42. The summed E-state index contributed by atoms with van der Waals surface area (Å²) in [4.78, 5) is 18.0. The highest BCUT2D eigenvalue weighted by molar-refractivity contribution is 5.74. The van der Waals surface area contributed by atoms with Gasteiger partial charge in [0, 0.05) is 37.9 Å². The van der Waals surface area contributed by atoms with Crippen molar-refractivity contribution in [2.24, 2.45) is 0 Å². The summed E-state index contributed by atoms with van der Waals surface area (Å²) in [6.07, 6.45) is 2.82. The molecule has 0 bridgehead atoms. The fraction of sp³-hybridized carbons (Fsp3) is 0.412. The lowest BCUT2D eigenvalue weighted by atomic mass is 10.2. The number of amides is 2. The van der Waals surface area contributed by atoms with E-state index in [1.54, 1.807) is 4.90 Å². The topological polar surface area (TPSA) is 50.2 Å². The van der Waals surface area contributed by atoms with E-state index in [4.69, 9.17) is 0 Å². The standard InChI is InChI=1S/C17H22F2N4O/c1-13(2)23(12-14-6-4-3-5-7-14)17(24)21-9-8-15-20-10-11-22(15)16(18)19/h3-7,10-11,13,16H,8-9,12H2,1-2H3,(H,21,24). The molecule has 2 aromatic rings. The Morgan fingerprint density at radius 1 is 1.29 bits per heavy atom. The number of hydrogen-bond acceptors (Lipinski definition) is 2. The lowest BCUT2D eigenvalue weighted by molar-refractivity contribution is 0.0670. The maximum Gasteiger partial charge on any atom is 0.319 e. The van der Waals surface area contributed by atoms with Gasteiger partial charge in [-0.25, -0.2) is 9.78 Å². The van der Waals surface area contributed by atoms with Crippen molar-refractivity contribution >= 4 is 6.03 Å². The van der Waals surface area contributed by atoms with Gasteiger partial charge in [-0.15, -0.1) is 0 Å². The first-order valence-corrected chi connectivity index (χ1v) is 7.87. The van der Waals surface area contributed by atoms with E-state index in [2.05, 4.69) is 10.3 Å². The number of carbonyl (C=O) groups is 1. The summed E-state index contributed by atoms with van der Waals surface area (Å²) in [5.74, 6) is 0.254. The Morgan fingerprint density at radius 3 is 2.62 bits per heavy atom. The number of urea groups is 1.